The van der Waals surface area contributed by atoms with Crippen LogP contribution < -0.4 is 10.6 Å². The van der Waals surface area contributed by atoms with E-state index in [4.69, 9.17) is 0 Å². The molecule has 0 spiro atoms. The third-order valence-electron chi connectivity index (χ3n) is 3.38. The van der Waals surface area contributed by atoms with E-state index in [1.165, 1.54) is 12.3 Å². The van der Waals surface area contributed by atoms with Crippen LogP contribution in [-0.2, 0) is 6.54 Å². The van der Waals surface area contributed by atoms with Crippen molar-refractivity contribution in [3.05, 3.63) is 70.1 Å². The van der Waals surface area contributed by atoms with Gasteiger partial charge in [-0.1, -0.05) is 34.1 Å². The number of aryl methyl sites for hydroxylation is 1. The molecule has 0 amide bonds. The molecule has 3 aromatic rings. The second-order valence-electron chi connectivity index (χ2n) is 5.20. The van der Waals surface area contributed by atoms with E-state index in [0.29, 0.717) is 17.3 Å². The van der Waals surface area contributed by atoms with Gasteiger partial charge in [0.1, 0.15) is 5.82 Å². The summed E-state index contributed by atoms with van der Waals surface area (Å²) in [7, 11) is 0. The van der Waals surface area contributed by atoms with Crippen molar-refractivity contribution < 1.29 is 4.39 Å². The molecule has 0 fully saturated rings. The number of halogens is 2. The fourth-order valence-electron chi connectivity index (χ4n) is 2.13. The highest BCUT2D eigenvalue weighted by atomic mass is 79.9. The molecule has 2 aromatic carbocycles. The Bertz CT molecular complexity index is 856. The van der Waals surface area contributed by atoms with E-state index < -0.39 is 0 Å². The van der Waals surface area contributed by atoms with Crippen LogP contribution in [0.4, 0.5) is 21.8 Å². The van der Waals surface area contributed by atoms with Crippen LogP contribution in [0.3, 0.4) is 0 Å². The molecule has 0 bridgehead atoms. The molecule has 0 saturated carbocycles. The Morgan fingerprint density at radius 2 is 2.00 bits per heavy atom. The molecule has 0 unspecified atom stereocenters. The van der Waals surface area contributed by atoms with Gasteiger partial charge >= 0.3 is 0 Å². The van der Waals surface area contributed by atoms with Crippen molar-refractivity contribution in [1.29, 1.82) is 0 Å². The molecule has 1 aromatic heterocycles. The smallest absolute Gasteiger partial charge is 0.244 e. The Kier molecular flexibility index (Phi) is 5.00. The lowest BCUT2D eigenvalue weighted by molar-refractivity contribution is 0.612. The standard InChI is InChI=1S/C17H15BrFN5/c1-11-8-13(6-7-14(11)18)22-16-10-21-24-17(23-16)20-9-12-4-2-3-5-15(12)19/h2-8,10H,9H2,1H3,(H2,20,22,23,24). The van der Waals surface area contributed by atoms with Gasteiger partial charge in [-0.05, 0) is 36.8 Å². The van der Waals surface area contributed by atoms with Gasteiger partial charge in [-0.25, -0.2) is 4.39 Å². The summed E-state index contributed by atoms with van der Waals surface area (Å²) in [5.74, 6) is 0.623. The predicted molar refractivity (Wildman–Crippen MR) is 95.7 cm³/mol. The summed E-state index contributed by atoms with van der Waals surface area (Å²) >= 11 is 3.47. The van der Waals surface area contributed by atoms with Gasteiger partial charge in [-0.3, -0.25) is 0 Å². The zero-order chi connectivity index (χ0) is 16.9. The summed E-state index contributed by atoms with van der Waals surface area (Å²) in [4.78, 5) is 4.33. The van der Waals surface area contributed by atoms with Gasteiger partial charge in [0.25, 0.3) is 0 Å². The lowest BCUT2D eigenvalue weighted by atomic mass is 10.2. The largest absolute Gasteiger partial charge is 0.349 e. The molecule has 0 aliphatic carbocycles. The maximum atomic E-state index is 13.6. The van der Waals surface area contributed by atoms with E-state index in [-0.39, 0.29) is 12.4 Å². The summed E-state index contributed by atoms with van der Waals surface area (Å²) in [6.07, 6.45) is 1.53. The molecule has 122 valence electrons. The molecule has 24 heavy (non-hydrogen) atoms. The van der Waals surface area contributed by atoms with Crippen molar-refractivity contribution >= 4 is 33.4 Å². The summed E-state index contributed by atoms with van der Waals surface area (Å²) < 4.78 is 14.7. The van der Waals surface area contributed by atoms with Crippen molar-refractivity contribution in [1.82, 2.24) is 15.2 Å². The van der Waals surface area contributed by atoms with Crippen molar-refractivity contribution in [2.24, 2.45) is 0 Å². The fraction of sp³-hybridized carbons (Fsp3) is 0.118. The van der Waals surface area contributed by atoms with Crippen LogP contribution >= 0.6 is 15.9 Å². The number of hydrogen-bond donors (Lipinski definition) is 2. The molecule has 0 aliphatic rings. The van der Waals surface area contributed by atoms with E-state index in [1.807, 2.05) is 25.1 Å². The molecule has 3 rings (SSSR count). The first-order valence-electron chi connectivity index (χ1n) is 7.32. The van der Waals surface area contributed by atoms with Crippen LogP contribution in [0, 0.1) is 12.7 Å². The third kappa shape index (κ3) is 4.05. The van der Waals surface area contributed by atoms with Gasteiger partial charge in [0.2, 0.25) is 5.95 Å². The van der Waals surface area contributed by atoms with Crippen LogP contribution in [-0.4, -0.2) is 15.2 Å². The Labute approximate surface area is 147 Å². The Morgan fingerprint density at radius 1 is 1.17 bits per heavy atom. The Hall–Kier alpha value is -2.54. The van der Waals surface area contributed by atoms with Gasteiger partial charge in [0, 0.05) is 22.3 Å². The molecule has 7 heteroatoms. The van der Waals surface area contributed by atoms with Gasteiger partial charge in [-0.15, -0.1) is 5.10 Å². The maximum Gasteiger partial charge on any atom is 0.244 e. The van der Waals surface area contributed by atoms with E-state index in [9.17, 15) is 4.39 Å². The minimum absolute atomic E-state index is 0.266. The average molecular weight is 388 g/mol. The van der Waals surface area contributed by atoms with Crippen LogP contribution in [0.2, 0.25) is 0 Å². The summed E-state index contributed by atoms with van der Waals surface area (Å²) in [6.45, 7) is 2.30. The molecule has 5 nitrogen and oxygen atoms in total. The minimum Gasteiger partial charge on any atom is -0.349 e. The Morgan fingerprint density at radius 3 is 2.79 bits per heavy atom. The maximum absolute atomic E-state index is 13.6. The van der Waals surface area contributed by atoms with Crippen LogP contribution in [0.25, 0.3) is 0 Å². The molecule has 0 aliphatic heterocycles. The highest BCUT2D eigenvalue weighted by Crippen LogP contribution is 2.22. The van der Waals surface area contributed by atoms with Crippen molar-refractivity contribution in [3.63, 3.8) is 0 Å². The second kappa shape index (κ2) is 7.35. The zero-order valence-corrected chi connectivity index (χ0v) is 14.5. The van der Waals surface area contributed by atoms with Crippen molar-refractivity contribution in [2.45, 2.75) is 13.5 Å². The molecule has 0 radical (unpaired) electrons. The lowest BCUT2D eigenvalue weighted by Crippen LogP contribution is -2.07. The molecular weight excluding hydrogens is 373 g/mol. The summed E-state index contributed by atoms with van der Waals surface area (Å²) in [6, 6.07) is 12.5. The zero-order valence-electron chi connectivity index (χ0n) is 12.9. The lowest BCUT2D eigenvalue weighted by Gasteiger charge is -2.09. The fourth-order valence-corrected chi connectivity index (χ4v) is 2.37. The molecule has 0 atom stereocenters. The van der Waals surface area contributed by atoms with E-state index in [1.54, 1.807) is 18.2 Å². The molecule has 0 saturated heterocycles. The minimum atomic E-state index is -0.266. The summed E-state index contributed by atoms with van der Waals surface area (Å²) in [5.41, 5.74) is 2.55. The number of nitrogens with one attached hydrogen (secondary N) is 2. The van der Waals surface area contributed by atoms with Gasteiger partial charge in [-0.2, -0.15) is 10.1 Å². The Balaban J connectivity index is 1.69. The number of aromatic nitrogens is 3. The third-order valence-corrected chi connectivity index (χ3v) is 4.27. The highest BCUT2D eigenvalue weighted by molar-refractivity contribution is 9.10. The topological polar surface area (TPSA) is 62.7 Å². The van der Waals surface area contributed by atoms with Crippen LogP contribution in [0.15, 0.2) is 53.1 Å². The molecular formula is C17H15BrFN5. The molecule has 1 heterocycles. The highest BCUT2D eigenvalue weighted by Gasteiger charge is 2.05. The van der Waals surface area contributed by atoms with E-state index in [2.05, 4.69) is 41.7 Å². The number of benzene rings is 2. The molecule has 2 N–H and O–H groups in total. The van der Waals surface area contributed by atoms with E-state index >= 15 is 0 Å². The van der Waals surface area contributed by atoms with Gasteiger partial charge < -0.3 is 10.6 Å². The number of nitrogens with zero attached hydrogens (tertiary/aromatic N) is 3. The second-order valence-corrected chi connectivity index (χ2v) is 6.05. The monoisotopic (exact) mass is 387 g/mol. The van der Waals surface area contributed by atoms with E-state index in [0.717, 1.165) is 15.7 Å². The van der Waals surface area contributed by atoms with Crippen LogP contribution in [0.1, 0.15) is 11.1 Å². The quantitative estimate of drug-likeness (QED) is 0.677. The van der Waals surface area contributed by atoms with Gasteiger partial charge in [0.05, 0.1) is 6.20 Å². The first kappa shape index (κ1) is 16.3. The predicted octanol–water partition coefficient (Wildman–Crippen LogP) is 4.44. The normalized spacial score (nSPS) is 10.5. The van der Waals surface area contributed by atoms with Crippen molar-refractivity contribution in [3.8, 4) is 0 Å². The first-order valence-corrected chi connectivity index (χ1v) is 8.11. The van der Waals surface area contributed by atoms with Gasteiger partial charge in [0.15, 0.2) is 5.82 Å². The summed E-state index contributed by atoms with van der Waals surface area (Å²) in [5, 5.41) is 14.0. The van der Waals surface area contributed by atoms with Crippen molar-refractivity contribution in [2.75, 3.05) is 10.6 Å². The average Bonchev–Trinajstić information content (AvgIpc) is 2.58. The first-order chi connectivity index (χ1) is 11.6. The number of hydrogen-bond acceptors (Lipinski definition) is 5. The SMILES string of the molecule is Cc1cc(Nc2cnnc(NCc3ccccc3F)n2)ccc1Br. The van der Waals surface area contributed by atoms with Crippen LogP contribution in [0.5, 0.6) is 0 Å². The number of rotatable bonds is 5. The number of anilines is 3.